The van der Waals surface area contributed by atoms with Crippen LogP contribution >= 0.6 is 0 Å². The molecule has 3 aliphatic rings. The minimum atomic E-state index is -0.298. The number of amides is 1. The van der Waals surface area contributed by atoms with E-state index < -0.39 is 0 Å². The standard InChI is InChI=1S/C19H24N4O4/c1-13-4-10-25-15(13)17(24)23-9-11-26-19(12-23)5-7-22(8-6-19)18-20-16(27-21-18)14-2-3-14/h4,10,14H,2-3,5-9,11-12H2,1H3. The lowest BCUT2D eigenvalue weighted by Crippen LogP contribution is -2.58. The van der Waals surface area contributed by atoms with Gasteiger partial charge < -0.3 is 23.5 Å². The SMILES string of the molecule is Cc1ccoc1C(=O)N1CCOC2(CCN(c3noc(C4CC4)n3)CC2)C1. The van der Waals surface area contributed by atoms with Gasteiger partial charge in [-0.25, -0.2) is 0 Å². The first kappa shape index (κ1) is 16.8. The first-order chi connectivity index (χ1) is 13.1. The summed E-state index contributed by atoms with van der Waals surface area (Å²) >= 11 is 0. The number of hydrogen-bond donors (Lipinski definition) is 0. The first-order valence-electron chi connectivity index (χ1n) is 9.69. The lowest BCUT2D eigenvalue weighted by atomic mass is 9.89. The summed E-state index contributed by atoms with van der Waals surface area (Å²) in [6, 6.07) is 1.82. The zero-order valence-electron chi connectivity index (χ0n) is 15.5. The fourth-order valence-corrected chi connectivity index (χ4v) is 4.02. The average molecular weight is 372 g/mol. The van der Waals surface area contributed by atoms with E-state index in [-0.39, 0.29) is 11.5 Å². The molecule has 27 heavy (non-hydrogen) atoms. The molecule has 0 atom stereocenters. The second-order valence-corrected chi connectivity index (χ2v) is 7.88. The fourth-order valence-electron chi connectivity index (χ4n) is 4.02. The summed E-state index contributed by atoms with van der Waals surface area (Å²) in [5.74, 6) is 2.30. The molecule has 0 unspecified atom stereocenters. The Morgan fingerprint density at radius 2 is 2.07 bits per heavy atom. The highest BCUT2D eigenvalue weighted by Gasteiger charge is 2.42. The van der Waals surface area contributed by atoms with Gasteiger partial charge in [0.15, 0.2) is 5.76 Å². The van der Waals surface area contributed by atoms with Crippen molar-refractivity contribution in [3.8, 4) is 0 Å². The molecule has 2 aliphatic heterocycles. The Bertz CT molecular complexity index is 832. The van der Waals surface area contributed by atoms with E-state index in [0.29, 0.717) is 37.3 Å². The Labute approximate surface area is 157 Å². The minimum Gasteiger partial charge on any atom is -0.459 e. The first-order valence-corrected chi connectivity index (χ1v) is 9.69. The van der Waals surface area contributed by atoms with Crippen LogP contribution in [0.25, 0.3) is 0 Å². The van der Waals surface area contributed by atoms with Crippen molar-refractivity contribution in [2.24, 2.45) is 0 Å². The second-order valence-electron chi connectivity index (χ2n) is 7.88. The van der Waals surface area contributed by atoms with Crippen LogP contribution in [0.5, 0.6) is 0 Å². The van der Waals surface area contributed by atoms with E-state index in [9.17, 15) is 4.79 Å². The molecule has 2 aromatic heterocycles. The molecule has 2 saturated heterocycles. The summed E-state index contributed by atoms with van der Waals surface area (Å²) in [5, 5.41) is 4.14. The third kappa shape index (κ3) is 3.12. The van der Waals surface area contributed by atoms with Crippen LogP contribution in [0.15, 0.2) is 21.3 Å². The maximum absolute atomic E-state index is 12.8. The van der Waals surface area contributed by atoms with Crippen molar-refractivity contribution in [2.75, 3.05) is 37.7 Å². The van der Waals surface area contributed by atoms with Crippen LogP contribution in [0, 0.1) is 6.92 Å². The van der Waals surface area contributed by atoms with Gasteiger partial charge in [0.2, 0.25) is 5.89 Å². The van der Waals surface area contributed by atoms with Crippen LogP contribution in [-0.2, 0) is 4.74 Å². The highest BCUT2D eigenvalue weighted by molar-refractivity contribution is 5.93. The largest absolute Gasteiger partial charge is 0.459 e. The van der Waals surface area contributed by atoms with Crippen molar-refractivity contribution < 1.29 is 18.5 Å². The highest BCUT2D eigenvalue weighted by Crippen LogP contribution is 2.40. The molecule has 0 bridgehead atoms. The van der Waals surface area contributed by atoms with Crippen molar-refractivity contribution in [1.82, 2.24) is 15.0 Å². The Balaban J connectivity index is 1.24. The number of nitrogens with zero attached hydrogens (tertiary/aromatic N) is 4. The Kier molecular flexibility index (Phi) is 3.96. The molecule has 1 aliphatic carbocycles. The zero-order chi connectivity index (χ0) is 18.4. The summed E-state index contributed by atoms with van der Waals surface area (Å²) in [4.78, 5) is 21.4. The molecule has 4 heterocycles. The number of anilines is 1. The van der Waals surface area contributed by atoms with Crippen molar-refractivity contribution >= 4 is 11.9 Å². The Morgan fingerprint density at radius 3 is 2.78 bits per heavy atom. The van der Waals surface area contributed by atoms with Gasteiger partial charge in [-0.15, -0.1) is 0 Å². The smallest absolute Gasteiger partial charge is 0.290 e. The Hall–Kier alpha value is -2.35. The number of morpholine rings is 1. The quantitative estimate of drug-likeness (QED) is 0.817. The van der Waals surface area contributed by atoms with Crippen LogP contribution in [0.4, 0.5) is 5.95 Å². The summed E-state index contributed by atoms with van der Waals surface area (Å²) in [6.45, 7) is 5.24. The third-order valence-electron chi connectivity index (χ3n) is 5.91. The van der Waals surface area contributed by atoms with Crippen LogP contribution in [0.2, 0.25) is 0 Å². The van der Waals surface area contributed by atoms with E-state index >= 15 is 0 Å². The zero-order valence-corrected chi connectivity index (χ0v) is 15.5. The predicted octanol–water partition coefficient (Wildman–Crippen LogP) is 2.36. The second kappa shape index (κ2) is 6.37. The minimum absolute atomic E-state index is 0.0464. The van der Waals surface area contributed by atoms with Gasteiger partial charge in [-0.05, 0) is 43.8 Å². The number of piperidine rings is 1. The molecule has 0 radical (unpaired) electrons. The number of ether oxygens (including phenoxy) is 1. The number of aryl methyl sites for hydroxylation is 1. The van der Waals surface area contributed by atoms with E-state index in [4.69, 9.17) is 13.7 Å². The topological polar surface area (TPSA) is 84.8 Å². The van der Waals surface area contributed by atoms with E-state index in [0.717, 1.165) is 50.2 Å². The summed E-state index contributed by atoms with van der Waals surface area (Å²) in [7, 11) is 0. The van der Waals surface area contributed by atoms with Gasteiger partial charge in [-0.1, -0.05) is 0 Å². The van der Waals surface area contributed by atoms with Crippen molar-refractivity contribution in [1.29, 1.82) is 0 Å². The lowest BCUT2D eigenvalue weighted by molar-refractivity contribution is -0.112. The number of hydrogen-bond acceptors (Lipinski definition) is 7. The molecule has 1 saturated carbocycles. The van der Waals surface area contributed by atoms with E-state index in [1.807, 2.05) is 17.9 Å². The lowest BCUT2D eigenvalue weighted by Gasteiger charge is -2.46. The number of rotatable bonds is 3. The molecular formula is C19H24N4O4. The molecule has 144 valence electrons. The molecule has 1 spiro atoms. The molecule has 8 nitrogen and oxygen atoms in total. The summed E-state index contributed by atoms with van der Waals surface area (Å²) < 4.78 is 16.9. The van der Waals surface area contributed by atoms with Crippen molar-refractivity contribution in [3.05, 3.63) is 29.5 Å². The van der Waals surface area contributed by atoms with E-state index in [2.05, 4.69) is 15.0 Å². The molecule has 3 fully saturated rings. The maximum Gasteiger partial charge on any atom is 0.290 e. The van der Waals surface area contributed by atoms with Crippen molar-refractivity contribution in [2.45, 2.75) is 44.1 Å². The highest BCUT2D eigenvalue weighted by atomic mass is 16.5. The molecule has 1 amide bonds. The van der Waals surface area contributed by atoms with Crippen molar-refractivity contribution in [3.63, 3.8) is 0 Å². The Morgan fingerprint density at radius 1 is 1.26 bits per heavy atom. The predicted molar refractivity (Wildman–Crippen MR) is 95.8 cm³/mol. The molecule has 0 aromatic carbocycles. The maximum atomic E-state index is 12.8. The third-order valence-corrected chi connectivity index (χ3v) is 5.91. The average Bonchev–Trinajstić information content (AvgIpc) is 3.26. The van der Waals surface area contributed by atoms with Gasteiger partial charge in [-0.2, -0.15) is 4.98 Å². The molecule has 5 rings (SSSR count). The molecular weight excluding hydrogens is 348 g/mol. The fraction of sp³-hybridized carbons (Fsp3) is 0.632. The normalized spacial score (nSPS) is 22.4. The van der Waals surface area contributed by atoms with Gasteiger partial charge >= 0.3 is 0 Å². The van der Waals surface area contributed by atoms with Gasteiger partial charge in [0.1, 0.15) is 0 Å². The molecule has 0 N–H and O–H groups in total. The molecule has 2 aromatic rings. The number of aromatic nitrogens is 2. The van der Waals surface area contributed by atoms with E-state index in [1.165, 1.54) is 0 Å². The molecule has 8 heteroatoms. The van der Waals surface area contributed by atoms with Crippen LogP contribution in [-0.4, -0.2) is 59.3 Å². The number of carbonyl (C=O) groups excluding carboxylic acids is 1. The van der Waals surface area contributed by atoms with Gasteiger partial charge in [0.05, 0.1) is 25.0 Å². The van der Waals surface area contributed by atoms with Crippen LogP contribution in [0.3, 0.4) is 0 Å². The van der Waals surface area contributed by atoms with Gasteiger partial charge in [0, 0.05) is 31.1 Å². The van der Waals surface area contributed by atoms with Crippen LogP contribution < -0.4 is 4.90 Å². The van der Waals surface area contributed by atoms with Crippen LogP contribution in [0.1, 0.15) is 53.6 Å². The number of carbonyl (C=O) groups is 1. The number of furan rings is 1. The van der Waals surface area contributed by atoms with Gasteiger partial charge in [0.25, 0.3) is 11.9 Å². The van der Waals surface area contributed by atoms with Gasteiger partial charge in [-0.3, -0.25) is 4.79 Å². The van der Waals surface area contributed by atoms with E-state index in [1.54, 1.807) is 6.26 Å². The monoisotopic (exact) mass is 372 g/mol. The summed E-state index contributed by atoms with van der Waals surface area (Å²) in [6.07, 6.45) is 5.54. The summed E-state index contributed by atoms with van der Waals surface area (Å²) in [5.41, 5.74) is 0.576.